The minimum absolute atomic E-state index is 0.0377. The molecule has 0 aliphatic carbocycles. The number of hydrogen-bond donors (Lipinski definition) is 2. The number of aryl methyl sites for hydroxylation is 1. The SMILES string of the molecule is Cn1c(=O)n(C2CCC(=O)NC2=O)c2cccc(C#CCOC3CCN([SH](=O)=O)CC3)c21. The molecule has 170 valence electrons. The van der Waals surface area contributed by atoms with Crippen molar-refractivity contribution in [2.75, 3.05) is 19.7 Å². The number of carbonyl (C=O) groups excluding carboxylic acids is 2. The van der Waals surface area contributed by atoms with Gasteiger partial charge in [-0.1, -0.05) is 17.9 Å². The highest BCUT2D eigenvalue weighted by molar-refractivity contribution is 7.69. The fourth-order valence-corrected chi connectivity index (χ4v) is 4.79. The van der Waals surface area contributed by atoms with E-state index in [0.717, 1.165) is 0 Å². The summed E-state index contributed by atoms with van der Waals surface area (Å²) in [5.41, 5.74) is 1.49. The number of nitrogens with one attached hydrogen (secondary N) is 1. The van der Waals surface area contributed by atoms with Crippen molar-refractivity contribution in [2.24, 2.45) is 7.05 Å². The quantitative estimate of drug-likeness (QED) is 0.367. The molecule has 11 heteroatoms. The molecule has 10 nitrogen and oxygen atoms in total. The first-order chi connectivity index (χ1) is 15.4. The molecule has 1 aromatic heterocycles. The highest BCUT2D eigenvalue weighted by Gasteiger charge is 2.31. The second kappa shape index (κ2) is 9.28. The maximum absolute atomic E-state index is 12.9. The highest BCUT2D eigenvalue weighted by Crippen LogP contribution is 2.24. The van der Waals surface area contributed by atoms with Crippen molar-refractivity contribution >= 4 is 33.7 Å². The number of fused-ring (bicyclic) bond motifs is 1. The van der Waals surface area contributed by atoms with E-state index in [-0.39, 0.29) is 37.1 Å². The average Bonchev–Trinajstić information content (AvgIpc) is 3.03. The van der Waals surface area contributed by atoms with Crippen molar-refractivity contribution in [3.8, 4) is 11.8 Å². The molecule has 0 radical (unpaired) electrons. The van der Waals surface area contributed by atoms with Crippen molar-refractivity contribution in [1.29, 1.82) is 0 Å². The lowest BCUT2D eigenvalue weighted by Gasteiger charge is -2.27. The molecule has 32 heavy (non-hydrogen) atoms. The lowest BCUT2D eigenvalue weighted by Crippen LogP contribution is -2.44. The normalized spacial score (nSPS) is 20.4. The van der Waals surface area contributed by atoms with Gasteiger partial charge >= 0.3 is 5.69 Å². The molecule has 3 heterocycles. The first-order valence-corrected chi connectivity index (χ1v) is 11.5. The number of ether oxygens (including phenoxy) is 1. The Morgan fingerprint density at radius 1 is 1.16 bits per heavy atom. The number of piperidine rings is 2. The topological polar surface area (TPSA) is 120 Å². The third-order valence-corrected chi connectivity index (χ3v) is 6.75. The van der Waals surface area contributed by atoms with Crippen LogP contribution in [-0.4, -0.2) is 59.5 Å². The number of benzene rings is 1. The van der Waals surface area contributed by atoms with Crippen LogP contribution in [0.5, 0.6) is 0 Å². The fraction of sp³-hybridized carbons (Fsp3) is 0.476. The Morgan fingerprint density at radius 3 is 2.59 bits per heavy atom. The minimum Gasteiger partial charge on any atom is -0.365 e. The van der Waals surface area contributed by atoms with Crippen LogP contribution in [0.4, 0.5) is 0 Å². The molecule has 0 bridgehead atoms. The summed E-state index contributed by atoms with van der Waals surface area (Å²) in [4.78, 5) is 36.7. The van der Waals surface area contributed by atoms with Crippen molar-refractivity contribution < 1.29 is 22.7 Å². The van der Waals surface area contributed by atoms with Gasteiger partial charge in [0.25, 0.3) is 0 Å². The van der Waals surface area contributed by atoms with Gasteiger partial charge in [-0.05, 0) is 31.4 Å². The molecule has 2 saturated heterocycles. The number of carbonyl (C=O) groups is 2. The average molecular weight is 461 g/mol. The molecular formula is C21H24N4O6S. The van der Waals surface area contributed by atoms with Crippen molar-refractivity contribution in [1.82, 2.24) is 18.8 Å². The summed E-state index contributed by atoms with van der Waals surface area (Å²) in [6.45, 7) is 1.09. The molecule has 2 aromatic rings. The number of imide groups is 1. The predicted octanol–water partition coefficient (Wildman–Crippen LogP) is -0.323. The van der Waals surface area contributed by atoms with Crippen LogP contribution < -0.4 is 11.0 Å². The van der Waals surface area contributed by atoms with Crippen LogP contribution in [0.1, 0.15) is 37.3 Å². The molecule has 0 spiro atoms. The van der Waals surface area contributed by atoms with E-state index in [1.165, 1.54) is 13.4 Å². The van der Waals surface area contributed by atoms with E-state index in [1.807, 2.05) is 0 Å². The van der Waals surface area contributed by atoms with Gasteiger partial charge in [0.1, 0.15) is 12.6 Å². The van der Waals surface area contributed by atoms with E-state index in [9.17, 15) is 22.8 Å². The molecular weight excluding hydrogens is 436 g/mol. The lowest BCUT2D eigenvalue weighted by molar-refractivity contribution is -0.135. The summed E-state index contributed by atoms with van der Waals surface area (Å²) >= 11 is 0. The number of thiol groups is 1. The van der Waals surface area contributed by atoms with Gasteiger partial charge in [0.2, 0.25) is 22.7 Å². The van der Waals surface area contributed by atoms with E-state index in [0.29, 0.717) is 42.5 Å². The van der Waals surface area contributed by atoms with Crippen LogP contribution in [0.2, 0.25) is 0 Å². The zero-order valence-corrected chi connectivity index (χ0v) is 18.5. The molecule has 1 N–H and O–H groups in total. The zero-order chi connectivity index (χ0) is 22.8. The van der Waals surface area contributed by atoms with Crippen molar-refractivity contribution in [3.63, 3.8) is 0 Å². The number of amides is 2. The van der Waals surface area contributed by atoms with Crippen molar-refractivity contribution in [3.05, 3.63) is 34.2 Å². The summed E-state index contributed by atoms with van der Waals surface area (Å²) in [6, 6.07) is 4.59. The first-order valence-electron chi connectivity index (χ1n) is 10.4. The molecule has 1 atom stereocenters. The smallest absolute Gasteiger partial charge is 0.329 e. The Kier molecular flexibility index (Phi) is 6.45. The van der Waals surface area contributed by atoms with E-state index in [4.69, 9.17) is 4.74 Å². The molecule has 1 unspecified atom stereocenters. The molecule has 2 aliphatic rings. The number of para-hydroxylation sites is 1. The van der Waals surface area contributed by atoms with Crippen molar-refractivity contribution in [2.45, 2.75) is 37.8 Å². The van der Waals surface area contributed by atoms with E-state index < -0.39 is 22.8 Å². The molecule has 4 rings (SSSR count). The van der Waals surface area contributed by atoms with Gasteiger partial charge in [0.05, 0.1) is 22.7 Å². The van der Waals surface area contributed by atoms with Gasteiger partial charge in [-0.25, -0.2) is 17.5 Å². The third-order valence-electron chi connectivity index (χ3n) is 5.89. The number of nitrogens with zero attached hydrogens (tertiary/aromatic N) is 3. The Hall–Kier alpha value is -2.94. The van der Waals surface area contributed by atoms with E-state index in [2.05, 4.69) is 17.2 Å². The van der Waals surface area contributed by atoms with Crippen LogP contribution in [0.15, 0.2) is 23.0 Å². The van der Waals surface area contributed by atoms with Crippen LogP contribution >= 0.6 is 0 Å². The van der Waals surface area contributed by atoms with Gasteiger partial charge in [0.15, 0.2) is 0 Å². The number of aromatic nitrogens is 2. The Bertz CT molecular complexity index is 1250. The standard InChI is InChI=1S/C21H24N4O6S/c1-23-19-14(5-3-13-31-15-9-11-24(12-10-15)32(29)30)4-2-6-16(19)25(21(23)28)17-7-8-18(26)22-20(17)27/h2,4,6,15,17,32H,7-13H2,1H3,(H,22,26,27). The molecule has 2 aliphatic heterocycles. The lowest BCUT2D eigenvalue weighted by atomic mass is 10.1. The second-order valence-electron chi connectivity index (χ2n) is 7.86. The Balaban J connectivity index is 1.52. The van der Waals surface area contributed by atoms with Crippen LogP contribution in [-0.2, 0) is 32.3 Å². The monoisotopic (exact) mass is 460 g/mol. The number of rotatable bonds is 4. The van der Waals surface area contributed by atoms with Gasteiger partial charge in [0, 0.05) is 26.6 Å². The maximum atomic E-state index is 12.9. The minimum atomic E-state index is -2.54. The van der Waals surface area contributed by atoms with Gasteiger partial charge in [-0.3, -0.25) is 24.0 Å². The van der Waals surface area contributed by atoms with Crippen LogP contribution in [0.25, 0.3) is 11.0 Å². The zero-order valence-electron chi connectivity index (χ0n) is 17.6. The van der Waals surface area contributed by atoms with Crippen LogP contribution in [0, 0.1) is 11.8 Å². The summed E-state index contributed by atoms with van der Waals surface area (Å²) in [6.07, 6.45) is 1.67. The predicted molar refractivity (Wildman–Crippen MR) is 116 cm³/mol. The molecule has 2 fully saturated rings. The fourth-order valence-electron chi connectivity index (χ4n) is 4.23. The van der Waals surface area contributed by atoms with Gasteiger partial charge in [-0.2, -0.15) is 0 Å². The van der Waals surface area contributed by atoms with E-state index in [1.54, 1.807) is 25.2 Å². The molecule has 0 saturated carbocycles. The Labute approximate surface area is 186 Å². The highest BCUT2D eigenvalue weighted by atomic mass is 32.2. The van der Waals surface area contributed by atoms with Gasteiger partial charge < -0.3 is 4.74 Å². The molecule has 2 amide bonds. The number of imidazole rings is 1. The van der Waals surface area contributed by atoms with Crippen LogP contribution in [0.3, 0.4) is 0 Å². The first kappa shape index (κ1) is 22.3. The van der Waals surface area contributed by atoms with E-state index >= 15 is 0 Å². The summed E-state index contributed by atoms with van der Waals surface area (Å²) in [7, 11) is -0.908. The maximum Gasteiger partial charge on any atom is 0.329 e. The van der Waals surface area contributed by atoms with Gasteiger partial charge in [-0.15, -0.1) is 0 Å². The third kappa shape index (κ3) is 4.34. The second-order valence-corrected chi connectivity index (χ2v) is 8.90. The summed E-state index contributed by atoms with van der Waals surface area (Å²) < 4.78 is 32.1. The number of hydrogen-bond acceptors (Lipinski definition) is 6. The Morgan fingerprint density at radius 2 is 1.91 bits per heavy atom. The summed E-state index contributed by atoms with van der Waals surface area (Å²) in [5, 5.41) is 2.30. The summed E-state index contributed by atoms with van der Waals surface area (Å²) in [5.74, 6) is 5.21. The largest absolute Gasteiger partial charge is 0.365 e. The molecule has 1 aromatic carbocycles.